The Hall–Kier alpha value is -3.79. The van der Waals surface area contributed by atoms with Crippen molar-refractivity contribution >= 4 is 40.9 Å². The fraction of sp³-hybridized carbons (Fsp3) is 0.105. The highest BCUT2D eigenvalue weighted by Crippen LogP contribution is 2.34. The Morgan fingerprint density at radius 2 is 2.10 bits per heavy atom. The molecular formula is C19H15N3O6S. The molecule has 0 saturated carbocycles. The molecule has 0 radical (unpaired) electrons. The van der Waals surface area contributed by atoms with Crippen molar-refractivity contribution < 1.29 is 23.7 Å². The smallest absolute Gasteiger partial charge is 0.270 e. The number of nitro groups is 1. The summed E-state index contributed by atoms with van der Waals surface area (Å²) < 4.78 is 10.9. The molecule has 0 aliphatic carbocycles. The lowest BCUT2D eigenvalue weighted by Gasteiger charge is -2.27. The van der Waals surface area contributed by atoms with Crippen LogP contribution in [0, 0.1) is 10.1 Å². The molecule has 2 amide bonds. The molecule has 0 spiro atoms. The van der Waals surface area contributed by atoms with E-state index in [4.69, 9.17) is 21.4 Å². The normalized spacial score (nSPS) is 15.4. The molecule has 0 atom stereocenters. The molecule has 2 heterocycles. The van der Waals surface area contributed by atoms with Crippen LogP contribution in [-0.2, 0) is 9.59 Å². The average molecular weight is 413 g/mol. The number of nitrogens with zero attached hydrogens (tertiary/aromatic N) is 2. The summed E-state index contributed by atoms with van der Waals surface area (Å²) in [7, 11) is 1.43. The molecule has 1 saturated heterocycles. The third kappa shape index (κ3) is 3.92. The van der Waals surface area contributed by atoms with Gasteiger partial charge in [-0.15, -0.1) is 6.58 Å². The number of methoxy groups -OCH3 is 1. The number of ether oxygens (including phenoxy) is 1. The summed E-state index contributed by atoms with van der Waals surface area (Å²) in [6.45, 7) is 3.70. The number of nitrogens with one attached hydrogen (secondary N) is 1. The van der Waals surface area contributed by atoms with Crippen LogP contribution in [0.4, 0.5) is 5.69 Å². The van der Waals surface area contributed by atoms with Gasteiger partial charge in [-0.25, -0.2) is 0 Å². The molecule has 148 valence electrons. The predicted octanol–water partition coefficient (Wildman–Crippen LogP) is 2.68. The lowest BCUT2D eigenvalue weighted by atomic mass is 10.1. The van der Waals surface area contributed by atoms with Gasteiger partial charge in [0.1, 0.15) is 22.8 Å². The van der Waals surface area contributed by atoms with E-state index in [1.165, 1.54) is 48.4 Å². The van der Waals surface area contributed by atoms with Crippen LogP contribution in [0.25, 0.3) is 17.4 Å². The monoisotopic (exact) mass is 413 g/mol. The van der Waals surface area contributed by atoms with Crippen molar-refractivity contribution in [2.75, 3.05) is 13.7 Å². The number of non-ortho nitro benzene ring substituents is 1. The van der Waals surface area contributed by atoms with E-state index in [9.17, 15) is 19.7 Å². The zero-order valence-electron chi connectivity index (χ0n) is 15.2. The number of hydrogen-bond acceptors (Lipinski definition) is 7. The molecule has 2 aromatic rings. The van der Waals surface area contributed by atoms with Gasteiger partial charge in [0, 0.05) is 18.7 Å². The number of carbonyl (C=O) groups is 2. The maximum atomic E-state index is 12.6. The third-order valence-electron chi connectivity index (χ3n) is 4.07. The van der Waals surface area contributed by atoms with E-state index in [1.54, 1.807) is 6.07 Å². The number of thiocarbonyl (C=S) groups is 1. The van der Waals surface area contributed by atoms with Gasteiger partial charge in [0.2, 0.25) is 0 Å². The first-order valence-electron chi connectivity index (χ1n) is 8.28. The number of benzene rings is 1. The average Bonchev–Trinajstić information content (AvgIpc) is 3.16. The molecule has 1 fully saturated rings. The number of nitro benzene ring substituents is 1. The second-order valence-corrected chi connectivity index (χ2v) is 6.25. The molecule has 9 nitrogen and oxygen atoms in total. The molecule has 1 N–H and O–H groups in total. The van der Waals surface area contributed by atoms with Crippen molar-refractivity contribution in [2.45, 2.75) is 0 Å². The maximum Gasteiger partial charge on any atom is 0.270 e. The van der Waals surface area contributed by atoms with Crippen molar-refractivity contribution in [3.8, 4) is 17.1 Å². The standard InChI is InChI=1S/C19H15N3O6S/c1-3-8-21-18(24)14(17(23)20-19(21)29)10-12-5-7-16(28-12)13-9-11(22(25)26)4-6-15(13)27-2/h3-7,9-10H,1,8H2,2H3,(H,20,23,29)/b14-10+. The van der Waals surface area contributed by atoms with Crippen LogP contribution >= 0.6 is 12.2 Å². The van der Waals surface area contributed by atoms with E-state index < -0.39 is 16.7 Å². The van der Waals surface area contributed by atoms with E-state index in [-0.39, 0.29) is 34.4 Å². The maximum absolute atomic E-state index is 12.6. The summed E-state index contributed by atoms with van der Waals surface area (Å²) in [4.78, 5) is 36.5. The SMILES string of the molecule is C=CCN1C(=O)/C(=C/c2ccc(-c3cc([N+](=O)[O-])ccc3OC)o2)C(=O)NC1=S. The minimum atomic E-state index is -0.647. The van der Waals surface area contributed by atoms with Crippen molar-refractivity contribution in [1.29, 1.82) is 0 Å². The minimum absolute atomic E-state index is 0.00137. The highest BCUT2D eigenvalue weighted by Gasteiger charge is 2.33. The van der Waals surface area contributed by atoms with Crippen LogP contribution < -0.4 is 10.1 Å². The summed E-state index contributed by atoms with van der Waals surface area (Å²) in [5, 5.41) is 13.5. The van der Waals surface area contributed by atoms with E-state index in [1.807, 2.05) is 0 Å². The Kier molecular flexibility index (Phi) is 5.55. The van der Waals surface area contributed by atoms with Crippen LogP contribution in [-0.4, -0.2) is 40.4 Å². The van der Waals surface area contributed by atoms with Gasteiger partial charge in [-0.05, 0) is 36.5 Å². The van der Waals surface area contributed by atoms with Gasteiger partial charge in [0.05, 0.1) is 17.6 Å². The molecule has 10 heteroatoms. The van der Waals surface area contributed by atoms with Gasteiger partial charge in [-0.1, -0.05) is 6.08 Å². The Labute approximate surface area is 170 Å². The van der Waals surface area contributed by atoms with Crippen LogP contribution in [0.3, 0.4) is 0 Å². The molecule has 1 aliphatic rings. The van der Waals surface area contributed by atoms with Crippen molar-refractivity contribution in [3.63, 3.8) is 0 Å². The van der Waals surface area contributed by atoms with E-state index in [0.717, 1.165) is 0 Å². The topological polar surface area (TPSA) is 115 Å². The van der Waals surface area contributed by atoms with Crippen molar-refractivity contribution in [2.24, 2.45) is 0 Å². The fourth-order valence-corrected chi connectivity index (χ4v) is 2.96. The lowest BCUT2D eigenvalue weighted by Crippen LogP contribution is -2.53. The number of furan rings is 1. The first-order valence-corrected chi connectivity index (χ1v) is 8.69. The Morgan fingerprint density at radius 1 is 1.34 bits per heavy atom. The second-order valence-electron chi connectivity index (χ2n) is 5.87. The van der Waals surface area contributed by atoms with Crippen LogP contribution in [0.2, 0.25) is 0 Å². The summed E-state index contributed by atoms with van der Waals surface area (Å²) in [5.74, 6) is -0.369. The van der Waals surface area contributed by atoms with Crippen LogP contribution in [0.1, 0.15) is 5.76 Å². The van der Waals surface area contributed by atoms with E-state index >= 15 is 0 Å². The molecule has 3 rings (SSSR count). The van der Waals surface area contributed by atoms with E-state index in [0.29, 0.717) is 11.3 Å². The van der Waals surface area contributed by atoms with Gasteiger partial charge in [-0.3, -0.25) is 29.9 Å². The van der Waals surface area contributed by atoms with Crippen LogP contribution in [0.5, 0.6) is 5.75 Å². The summed E-state index contributed by atoms with van der Waals surface area (Å²) in [5.41, 5.74) is 0.0695. The third-order valence-corrected chi connectivity index (χ3v) is 4.39. The van der Waals surface area contributed by atoms with Crippen LogP contribution in [0.15, 0.2) is 53.0 Å². The number of amides is 2. The first kappa shape index (κ1) is 20.0. The Bertz CT molecular complexity index is 1070. The highest BCUT2D eigenvalue weighted by atomic mass is 32.1. The number of hydrogen-bond donors (Lipinski definition) is 1. The lowest BCUT2D eigenvalue weighted by molar-refractivity contribution is -0.384. The molecule has 0 unspecified atom stereocenters. The van der Waals surface area contributed by atoms with Gasteiger partial charge in [0.25, 0.3) is 17.5 Å². The Balaban J connectivity index is 1.98. The molecule has 1 aromatic heterocycles. The van der Waals surface area contributed by atoms with Gasteiger partial charge < -0.3 is 9.15 Å². The van der Waals surface area contributed by atoms with Crippen molar-refractivity contribution in [3.05, 3.63) is 64.4 Å². The summed E-state index contributed by atoms with van der Waals surface area (Å²) in [6.07, 6.45) is 2.77. The molecule has 29 heavy (non-hydrogen) atoms. The zero-order valence-corrected chi connectivity index (χ0v) is 16.0. The molecule has 0 bridgehead atoms. The predicted molar refractivity (Wildman–Crippen MR) is 108 cm³/mol. The van der Waals surface area contributed by atoms with Crippen molar-refractivity contribution in [1.82, 2.24) is 10.2 Å². The quantitative estimate of drug-likeness (QED) is 0.193. The number of rotatable bonds is 6. The largest absolute Gasteiger partial charge is 0.496 e. The van der Waals surface area contributed by atoms with Gasteiger partial charge in [-0.2, -0.15) is 0 Å². The summed E-state index contributed by atoms with van der Waals surface area (Å²) >= 11 is 5.00. The Morgan fingerprint density at radius 3 is 2.76 bits per heavy atom. The zero-order chi connectivity index (χ0) is 21.1. The van der Waals surface area contributed by atoms with Gasteiger partial charge >= 0.3 is 0 Å². The number of carbonyl (C=O) groups excluding carboxylic acids is 2. The molecule has 1 aliphatic heterocycles. The first-order chi connectivity index (χ1) is 13.8. The second kappa shape index (κ2) is 8.07. The molecule has 1 aromatic carbocycles. The van der Waals surface area contributed by atoms with Gasteiger partial charge in [0.15, 0.2) is 5.11 Å². The highest BCUT2D eigenvalue weighted by molar-refractivity contribution is 7.80. The molecular weight excluding hydrogens is 398 g/mol. The summed E-state index contributed by atoms with van der Waals surface area (Å²) in [6, 6.07) is 7.19. The van der Waals surface area contributed by atoms with E-state index in [2.05, 4.69) is 11.9 Å². The minimum Gasteiger partial charge on any atom is -0.496 e. The fourth-order valence-electron chi connectivity index (χ4n) is 2.71.